The minimum atomic E-state index is -1.08. The lowest BCUT2D eigenvalue weighted by atomic mass is 9.85. The number of primary amides is 1. The molecule has 13 atom stereocenters. The standard InChI is InChI=1S/C72H113N11O15/c1-15-46(8)62(54(96-13)41-58(87)82-40-24-28-53(82)64(97-14)47(9)65(89)75-48(10)63(88)50-25-17-16-18-26-50)80(11)69(93)60(44(4)5)78-68(92)61(45(6)7)81(12)71(95)98-42-49-30-32-51(33-31-49)76-66(90)52(27-23-38-74-70(73)94)77-67(91)59(43(2)3)79-72(36-20-21-37-72)55(84)29-19-22-39-83-56(85)34-35-57(83)86/h16-18,25-26,30-35,43-48,52-55,59-64,79,84,88H,15,19-24,27-29,36-42H2,1-14H3,(H,75,89)(H,76,90)(H,77,91)(H,78,92)(H3,73,74,94)/t46-,47+,48-,52-,53-,54+,55?,59-,60-,61+,62+,63-,64-/m0/s1. The van der Waals surface area contributed by atoms with Gasteiger partial charge in [0.05, 0.1) is 60.9 Å². The summed E-state index contributed by atoms with van der Waals surface area (Å²) in [5.41, 5.74) is 6.10. The van der Waals surface area contributed by atoms with E-state index in [0.717, 1.165) is 12.8 Å². The van der Waals surface area contributed by atoms with Gasteiger partial charge in [-0.3, -0.25) is 53.5 Å². The maximum atomic E-state index is 14.9. The van der Waals surface area contributed by atoms with Gasteiger partial charge in [-0.1, -0.05) is 124 Å². The van der Waals surface area contributed by atoms with Gasteiger partial charge in [0.15, 0.2) is 0 Å². The van der Waals surface area contributed by atoms with Gasteiger partial charge in [-0.2, -0.15) is 0 Å². The van der Waals surface area contributed by atoms with E-state index >= 15 is 0 Å². The first-order valence-corrected chi connectivity index (χ1v) is 35.0. The predicted octanol–water partition coefficient (Wildman–Crippen LogP) is 5.83. The van der Waals surface area contributed by atoms with Crippen molar-refractivity contribution in [2.45, 2.75) is 232 Å². The summed E-state index contributed by atoms with van der Waals surface area (Å²) in [5.74, 6) is -5.26. The zero-order valence-electron chi connectivity index (χ0n) is 60.2. The predicted molar refractivity (Wildman–Crippen MR) is 371 cm³/mol. The number of nitrogens with one attached hydrogen (secondary N) is 6. The van der Waals surface area contributed by atoms with Gasteiger partial charge in [-0.25, -0.2) is 9.59 Å². The number of nitrogens with zero attached hydrogens (tertiary/aromatic N) is 4. The third-order valence-electron chi connectivity index (χ3n) is 19.8. The van der Waals surface area contributed by atoms with Gasteiger partial charge < -0.3 is 66.5 Å². The van der Waals surface area contributed by atoms with Crippen molar-refractivity contribution >= 4 is 65.1 Å². The van der Waals surface area contributed by atoms with E-state index in [4.69, 9.17) is 19.9 Å². The molecule has 0 spiro atoms. The number of urea groups is 1. The molecule has 2 heterocycles. The van der Waals surface area contributed by atoms with Crippen LogP contribution in [0.4, 0.5) is 15.3 Å². The largest absolute Gasteiger partial charge is 0.445 e. The fourth-order valence-electron chi connectivity index (χ4n) is 13.9. The second-order valence-corrected chi connectivity index (χ2v) is 27.9. The number of carbonyl (C=O) groups excluding carboxylic acids is 10. The van der Waals surface area contributed by atoms with Gasteiger partial charge in [-0.15, -0.1) is 0 Å². The topological polar surface area (TPSA) is 350 Å². The van der Waals surface area contributed by atoms with E-state index in [2.05, 4.69) is 31.9 Å². The van der Waals surface area contributed by atoms with Gasteiger partial charge in [0.2, 0.25) is 35.4 Å². The van der Waals surface area contributed by atoms with E-state index in [9.17, 15) is 58.2 Å². The van der Waals surface area contributed by atoms with Crippen LogP contribution in [0.15, 0.2) is 66.7 Å². The van der Waals surface area contributed by atoms with Crippen LogP contribution in [0.25, 0.3) is 0 Å². The smallest absolute Gasteiger partial charge is 0.410 e. The first-order valence-electron chi connectivity index (χ1n) is 35.0. The van der Waals surface area contributed by atoms with Crippen molar-refractivity contribution in [3.63, 3.8) is 0 Å². The molecule has 2 fully saturated rings. The molecule has 1 saturated carbocycles. The van der Waals surface area contributed by atoms with Crippen LogP contribution in [0.5, 0.6) is 0 Å². The highest BCUT2D eigenvalue weighted by Gasteiger charge is 2.46. The molecular formula is C72H113N11O15. The summed E-state index contributed by atoms with van der Waals surface area (Å²) in [4.78, 5) is 141. The van der Waals surface area contributed by atoms with Crippen molar-refractivity contribution in [1.82, 2.24) is 46.2 Å². The molecule has 11 amide bonds. The highest BCUT2D eigenvalue weighted by molar-refractivity contribution is 6.12. The first-order chi connectivity index (χ1) is 46.4. The van der Waals surface area contributed by atoms with Crippen LogP contribution in [-0.2, 0) is 59.2 Å². The Morgan fingerprint density at radius 1 is 0.714 bits per heavy atom. The van der Waals surface area contributed by atoms with Gasteiger partial charge in [0.1, 0.15) is 24.7 Å². The maximum absolute atomic E-state index is 14.9. The lowest BCUT2D eigenvalue weighted by Gasteiger charge is -2.41. The quantitative estimate of drug-likeness (QED) is 0.0281. The Kier molecular flexibility index (Phi) is 32.1. The number of imide groups is 1. The third kappa shape index (κ3) is 22.2. The highest BCUT2D eigenvalue weighted by atomic mass is 16.6. The second-order valence-electron chi connectivity index (χ2n) is 27.9. The van der Waals surface area contributed by atoms with Crippen molar-refractivity contribution < 1.29 is 72.4 Å². The molecule has 26 nitrogen and oxygen atoms in total. The van der Waals surface area contributed by atoms with E-state index in [0.29, 0.717) is 74.7 Å². The molecule has 1 aliphatic carbocycles. The summed E-state index contributed by atoms with van der Waals surface area (Å²) < 4.78 is 17.8. The van der Waals surface area contributed by atoms with Crippen molar-refractivity contribution in [3.05, 3.63) is 77.9 Å². The molecule has 5 rings (SSSR count). The molecule has 1 saturated heterocycles. The molecule has 10 N–H and O–H groups in total. The van der Waals surface area contributed by atoms with Gasteiger partial charge in [-0.05, 0) is 112 Å². The highest BCUT2D eigenvalue weighted by Crippen LogP contribution is 2.36. The molecule has 2 aliphatic heterocycles. The van der Waals surface area contributed by atoms with Crippen molar-refractivity contribution in [2.75, 3.05) is 53.3 Å². The summed E-state index contributed by atoms with van der Waals surface area (Å²) in [6.07, 6.45) is 4.98. The SMILES string of the molecule is CC[C@H](C)[C@H]([C@@H](CC(=O)N1CCC[C@H]1[C@@H](OC)[C@@H](C)C(=O)N[C@@H](C)[C@H](O)c1ccccc1)OC)N(C)C(=O)[C@@H](NC(=O)[C@@H](C(C)C)N(C)C(=O)OCc1ccc(NC(=O)[C@H](CCCNC(N)=O)NC(=O)[C@@H](NC2(C(O)CCCCN3C(=O)C=CC3=O)CCCC2)C(C)C)cc1)C(C)C. The molecule has 0 radical (unpaired) electrons. The number of unbranched alkanes of at least 4 members (excludes halogenated alkanes) is 1. The number of likely N-dealkylation sites (tertiary alicyclic amines) is 1. The van der Waals surface area contributed by atoms with Crippen molar-refractivity contribution in [2.24, 2.45) is 35.3 Å². The number of aliphatic hydroxyl groups excluding tert-OH is 2. The van der Waals surface area contributed by atoms with Crippen LogP contribution in [0.3, 0.4) is 0 Å². The number of amides is 11. The Morgan fingerprint density at radius 2 is 1.35 bits per heavy atom. The van der Waals surface area contributed by atoms with Gasteiger partial charge in [0, 0.05) is 71.3 Å². The Balaban J connectivity index is 1.19. The minimum absolute atomic E-state index is 0.0895. The van der Waals surface area contributed by atoms with Crippen LogP contribution in [0.2, 0.25) is 0 Å². The fraction of sp³-hybridized carbons (Fsp3) is 0.667. The van der Waals surface area contributed by atoms with Crippen molar-refractivity contribution in [1.29, 1.82) is 0 Å². The number of benzene rings is 2. The number of hydrogen-bond donors (Lipinski definition) is 9. The summed E-state index contributed by atoms with van der Waals surface area (Å²) in [5, 5.41) is 40.4. The fourth-order valence-corrected chi connectivity index (χ4v) is 13.9. The average molecular weight is 1370 g/mol. The molecule has 1 unspecified atom stereocenters. The average Bonchev–Trinajstić information content (AvgIpc) is 1.47. The molecule has 546 valence electrons. The van der Waals surface area contributed by atoms with E-state index < -0.39 is 126 Å². The number of nitrogens with two attached hydrogens (primary N) is 1. The number of methoxy groups -OCH3 is 2. The van der Waals surface area contributed by atoms with E-state index in [-0.39, 0.29) is 74.4 Å². The molecule has 26 heteroatoms. The Labute approximate surface area is 579 Å². The summed E-state index contributed by atoms with van der Waals surface area (Å²) in [7, 11) is 6.11. The minimum Gasteiger partial charge on any atom is -0.445 e. The number of rotatable bonds is 39. The first kappa shape index (κ1) is 81.2. The van der Waals surface area contributed by atoms with E-state index in [1.165, 1.54) is 43.2 Å². The number of hydrogen-bond acceptors (Lipinski definition) is 16. The second kappa shape index (κ2) is 38.7. The zero-order chi connectivity index (χ0) is 72.7. The monoisotopic (exact) mass is 1370 g/mol. The van der Waals surface area contributed by atoms with Gasteiger partial charge in [0.25, 0.3) is 11.8 Å². The summed E-state index contributed by atoms with van der Waals surface area (Å²) >= 11 is 0. The molecule has 0 aromatic heterocycles. The normalized spacial score (nSPS) is 18.9. The van der Waals surface area contributed by atoms with Crippen LogP contribution >= 0.6 is 0 Å². The number of likely N-dealkylation sites (N-methyl/N-ethyl adjacent to an activating group) is 2. The van der Waals surface area contributed by atoms with Crippen LogP contribution < -0.4 is 37.6 Å². The molecular weight excluding hydrogens is 1260 g/mol. The lowest BCUT2D eigenvalue weighted by molar-refractivity contribution is -0.148. The molecule has 2 aromatic carbocycles. The zero-order valence-corrected chi connectivity index (χ0v) is 60.2. The molecule has 2 aromatic rings. The van der Waals surface area contributed by atoms with Crippen LogP contribution in [0.1, 0.15) is 170 Å². The number of aliphatic hydroxyl groups is 2. The molecule has 0 bridgehead atoms. The van der Waals surface area contributed by atoms with E-state index in [1.807, 2.05) is 45.9 Å². The summed E-state index contributed by atoms with van der Waals surface area (Å²) in [6, 6.07) is 9.15. The Bertz CT molecular complexity index is 2980. The molecule has 98 heavy (non-hydrogen) atoms. The van der Waals surface area contributed by atoms with Crippen LogP contribution in [0, 0.1) is 29.6 Å². The number of carbonyl (C=O) groups is 10. The lowest BCUT2D eigenvalue weighted by Crippen LogP contribution is -2.62. The Hall–Kier alpha value is -7.52. The number of ether oxygens (including phenoxy) is 3. The third-order valence-corrected chi connectivity index (χ3v) is 19.8. The van der Waals surface area contributed by atoms with Crippen molar-refractivity contribution in [3.8, 4) is 0 Å². The number of anilines is 1. The summed E-state index contributed by atoms with van der Waals surface area (Å²) in [6.45, 7) is 18.9. The van der Waals surface area contributed by atoms with Crippen LogP contribution in [-0.4, -0.2) is 203 Å². The maximum Gasteiger partial charge on any atom is 0.410 e. The van der Waals surface area contributed by atoms with Gasteiger partial charge >= 0.3 is 12.1 Å². The molecule has 3 aliphatic rings. The van der Waals surface area contributed by atoms with E-state index in [1.54, 1.807) is 94.8 Å². The Morgan fingerprint density at radius 3 is 1.92 bits per heavy atom.